The maximum absolute atomic E-state index is 5.88. The van der Waals surface area contributed by atoms with Gasteiger partial charge in [-0.05, 0) is 38.0 Å². The predicted octanol–water partition coefficient (Wildman–Crippen LogP) is 3.39. The van der Waals surface area contributed by atoms with Gasteiger partial charge >= 0.3 is 0 Å². The Morgan fingerprint density at radius 1 is 1.46 bits per heavy atom. The Morgan fingerprint density at radius 2 is 2.15 bits per heavy atom. The number of allylic oxidation sites excluding steroid dienone is 2. The van der Waals surface area contributed by atoms with Crippen LogP contribution in [0.1, 0.15) is 31.4 Å². The van der Waals surface area contributed by atoms with Crippen LogP contribution < -0.4 is 5.73 Å². The Bertz CT molecular complexity index is 324. The van der Waals surface area contributed by atoms with Crippen molar-refractivity contribution in [3.63, 3.8) is 0 Å². The third-order valence-electron chi connectivity index (χ3n) is 2.14. The van der Waals surface area contributed by atoms with Crippen molar-refractivity contribution in [1.82, 2.24) is 0 Å². The van der Waals surface area contributed by atoms with E-state index in [0.29, 0.717) is 0 Å². The van der Waals surface area contributed by atoms with Crippen LogP contribution >= 0.6 is 0 Å². The lowest BCUT2D eigenvalue weighted by Gasteiger charge is -2.06. The fourth-order valence-electron chi connectivity index (χ4n) is 1.43. The Morgan fingerprint density at radius 3 is 2.77 bits per heavy atom. The lowest BCUT2D eigenvalue weighted by atomic mass is 10.0. The average molecular weight is 175 g/mol. The lowest BCUT2D eigenvalue weighted by molar-refractivity contribution is 1.22. The van der Waals surface area contributed by atoms with Crippen molar-refractivity contribution < 1.29 is 0 Å². The normalized spacial score (nSPS) is 11.8. The summed E-state index contributed by atoms with van der Waals surface area (Å²) in [5.41, 5.74) is 10.4. The van der Waals surface area contributed by atoms with E-state index in [4.69, 9.17) is 5.73 Å². The molecule has 0 spiro atoms. The molecule has 0 aliphatic heterocycles. The van der Waals surface area contributed by atoms with E-state index in [-0.39, 0.29) is 0 Å². The number of aryl methyl sites for hydroxylation is 1. The maximum atomic E-state index is 5.88. The van der Waals surface area contributed by atoms with Crippen molar-refractivity contribution in [2.24, 2.45) is 0 Å². The van der Waals surface area contributed by atoms with Crippen LogP contribution in [0.5, 0.6) is 0 Å². The van der Waals surface area contributed by atoms with Gasteiger partial charge in [-0.2, -0.15) is 0 Å². The van der Waals surface area contributed by atoms with Gasteiger partial charge in [0.2, 0.25) is 0 Å². The molecule has 1 heteroatoms. The van der Waals surface area contributed by atoms with Crippen molar-refractivity contribution in [3.05, 3.63) is 35.4 Å². The van der Waals surface area contributed by atoms with Gasteiger partial charge in [-0.1, -0.05) is 24.6 Å². The largest absolute Gasteiger partial charge is 0.398 e. The fraction of sp³-hybridized carbons (Fsp3) is 0.333. The summed E-state index contributed by atoms with van der Waals surface area (Å²) < 4.78 is 0. The van der Waals surface area contributed by atoms with Crippen molar-refractivity contribution >= 4 is 11.3 Å². The summed E-state index contributed by atoms with van der Waals surface area (Å²) in [6, 6.07) is 6.15. The van der Waals surface area contributed by atoms with Crippen LogP contribution in [0.3, 0.4) is 0 Å². The van der Waals surface area contributed by atoms with Gasteiger partial charge in [-0.15, -0.1) is 0 Å². The molecule has 0 atom stereocenters. The van der Waals surface area contributed by atoms with Gasteiger partial charge in [-0.3, -0.25) is 0 Å². The van der Waals surface area contributed by atoms with Gasteiger partial charge in [-0.25, -0.2) is 0 Å². The second kappa shape index (κ2) is 4.13. The quantitative estimate of drug-likeness (QED) is 0.685. The highest BCUT2D eigenvalue weighted by atomic mass is 14.6. The minimum atomic E-state index is 0.868. The van der Waals surface area contributed by atoms with Crippen LogP contribution in [0.25, 0.3) is 5.57 Å². The molecule has 1 aromatic rings. The van der Waals surface area contributed by atoms with Gasteiger partial charge in [0.05, 0.1) is 0 Å². The molecule has 70 valence electrons. The Kier molecular flexibility index (Phi) is 3.13. The van der Waals surface area contributed by atoms with Gasteiger partial charge < -0.3 is 5.73 Å². The zero-order valence-electron chi connectivity index (χ0n) is 8.59. The van der Waals surface area contributed by atoms with Crippen molar-refractivity contribution in [2.75, 3.05) is 5.73 Å². The van der Waals surface area contributed by atoms with Gasteiger partial charge in [0.1, 0.15) is 0 Å². The monoisotopic (exact) mass is 175 g/mol. The van der Waals surface area contributed by atoms with Crippen molar-refractivity contribution in [2.45, 2.75) is 27.2 Å². The first kappa shape index (κ1) is 9.85. The highest BCUT2D eigenvalue weighted by Gasteiger charge is 2.00. The van der Waals surface area contributed by atoms with Crippen LogP contribution in [-0.4, -0.2) is 0 Å². The molecule has 0 unspecified atom stereocenters. The third kappa shape index (κ3) is 2.35. The van der Waals surface area contributed by atoms with E-state index in [0.717, 1.165) is 12.1 Å². The molecule has 0 fully saturated rings. The Balaban J connectivity index is 3.13. The number of benzene rings is 1. The van der Waals surface area contributed by atoms with E-state index in [2.05, 4.69) is 32.9 Å². The molecule has 0 amide bonds. The Labute approximate surface area is 80.3 Å². The van der Waals surface area contributed by atoms with Crippen molar-refractivity contribution in [3.8, 4) is 0 Å². The van der Waals surface area contributed by atoms with E-state index >= 15 is 0 Å². The number of hydrogen-bond donors (Lipinski definition) is 1. The second-order valence-corrected chi connectivity index (χ2v) is 3.39. The average Bonchev–Trinajstić information content (AvgIpc) is 2.09. The fourth-order valence-corrected chi connectivity index (χ4v) is 1.43. The van der Waals surface area contributed by atoms with E-state index in [9.17, 15) is 0 Å². The highest BCUT2D eigenvalue weighted by molar-refractivity contribution is 5.74. The van der Waals surface area contributed by atoms with Crippen LogP contribution in [0.15, 0.2) is 24.3 Å². The van der Waals surface area contributed by atoms with Crippen LogP contribution in [0.2, 0.25) is 0 Å². The van der Waals surface area contributed by atoms with Crippen LogP contribution in [0.4, 0.5) is 5.69 Å². The third-order valence-corrected chi connectivity index (χ3v) is 2.14. The first-order valence-electron chi connectivity index (χ1n) is 4.68. The first-order valence-corrected chi connectivity index (χ1v) is 4.68. The number of nitrogen functional groups attached to an aromatic ring is 1. The summed E-state index contributed by atoms with van der Waals surface area (Å²) >= 11 is 0. The second-order valence-electron chi connectivity index (χ2n) is 3.39. The molecule has 1 nitrogen and oxygen atoms in total. The molecule has 0 saturated carbocycles. The van der Waals surface area contributed by atoms with E-state index < -0.39 is 0 Å². The number of hydrogen-bond acceptors (Lipinski definition) is 1. The summed E-state index contributed by atoms with van der Waals surface area (Å²) in [7, 11) is 0. The molecule has 0 radical (unpaired) electrons. The zero-order chi connectivity index (χ0) is 9.84. The first-order chi connectivity index (χ1) is 6.15. The Hall–Kier alpha value is -1.24. The molecule has 0 aromatic heterocycles. The molecule has 0 aliphatic rings. The van der Waals surface area contributed by atoms with Crippen molar-refractivity contribution in [1.29, 1.82) is 0 Å². The molecule has 0 heterocycles. The summed E-state index contributed by atoms with van der Waals surface area (Å²) in [5, 5.41) is 0. The predicted molar refractivity (Wildman–Crippen MR) is 59.5 cm³/mol. The standard InChI is InChI=1S/C12H17N/c1-4-5-10(3)11-8-9(2)6-7-12(11)13/h5-8H,4,13H2,1-3H3/b10-5-. The van der Waals surface area contributed by atoms with E-state index in [1.165, 1.54) is 16.7 Å². The molecule has 13 heavy (non-hydrogen) atoms. The topological polar surface area (TPSA) is 26.0 Å². The summed E-state index contributed by atoms with van der Waals surface area (Å²) in [6.07, 6.45) is 3.25. The van der Waals surface area contributed by atoms with Gasteiger partial charge in [0.25, 0.3) is 0 Å². The molecule has 0 aliphatic carbocycles. The smallest absolute Gasteiger partial charge is 0.0390 e. The summed E-state index contributed by atoms with van der Waals surface area (Å²) in [6.45, 7) is 6.33. The molecular formula is C12H17N. The molecule has 2 N–H and O–H groups in total. The highest BCUT2D eigenvalue weighted by Crippen LogP contribution is 2.22. The minimum Gasteiger partial charge on any atom is -0.398 e. The SMILES string of the molecule is CC/C=C(/C)c1cc(C)ccc1N. The number of rotatable bonds is 2. The maximum Gasteiger partial charge on any atom is 0.0390 e. The number of anilines is 1. The molecular weight excluding hydrogens is 158 g/mol. The van der Waals surface area contributed by atoms with Crippen LogP contribution in [0, 0.1) is 6.92 Å². The summed E-state index contributed by atoms with van der Waals surface area (Å²) in [4.78, 5) is 0. The van der Waals surface area contributed by atoms with Gasteiger partial charge in [0, 0.05) is 11.3 Å². The van der Waals surface area contributed by atoms with E-state index in [1.54, 1.807) is 0 Å². The zero-order valence-corrected chi connectivity index (χ0v) is 8.59. The molecule has 0 bridgehead atoms. The molecule has 0 saturated heterocycles. The molecule has 1 aromatic carbocycles. The van der Waals surface area contributed by atoms with Gasteiger partial charge in [0.15, 0.2) is 0 Å². The van der Waals surface area contributed by atoms with E-state index in [1.807, 2.05) is 12.1 Å². The number of nitrogens with two attached hydrogens (primary N) is 1. The van der Waals surface area contributed by atoms with Crippen LogP contribution in [-0.2, 0) is 0 Å². The molecule has 1 rings (SSSR count). The summed E-state index contributed by atoms with van der Waals surface area (Å²) in [5.74, 6) is 0. The minimum absolute atomic E-state index is 0.868. The lowest BCUT2D eigenvalue weighted by Crippen LogP contribution is -1.92.